The molecular formula is C18H33NO4. The van der Waals surface area contributed by atoms with Crippen LogP contribution in [0.4, 0.5) is 0 Å². The summed E-state index contributed by atoms with van der Waals surface area (Å²) >= 11 is 0. The lowest BCUT2D eigenvalue weighted by Crippen LogP contribution is -2.48. The van der Waals surface area contributed by atoms with Gasteiger partial charge in [-0.1, -0.05) is 33.8 Å². The maximum atomic E-state index is 10.6. The molecular weight excluding hydrogens is 294 g/mol. The van der Waals surface area contributed by atoms with Crippen LogP contribution < -0.4 is 0 Å². The maximum absolute atomic E-state index is 10.6. The van der Waals surface area contributed by atoms with E-state index in [0.29, 0.717) is 13.0 Å². The van der Waals surface area contributed by atoms with Crippen LogP contribution in [-0.4, -0.2) is 66.0 Å². The third kappa shape index (κ3) is 4.15. The van der Waals surface area contributed by atoms with E-state index in [-0.39, 0.29) is 24.0 Å². The van der Waals surface area contributed by atoms with Crippen LogP contribution in [0.1, 0.15) is 40.5 Å². The predicted octanol–water partition coefficient (Wildman–Crippen LogP) is 1.79. The van der Waals surface area contributed by atoms with Gasteiger partial charge in [0.2, 0.25) is 5.79 Å². The number of nitrogens with zero attached hydrogens (tertiary/aromatic N) is 1. The van der Waals surface area contributed by atoms with Gasteiger partial charge in [-0.3, -0.25) is 0 Å². The van der Waals surface area contributed by atoms with Gasteiger partial charge in [0, 0.05) is 13.2 Å². The van der Waals surface area contributed by atoms with Gasteiger partial charge in [-0.15, -0.1) is 0 Å². The molecule has 23 heavy (non-hydrogen) atoms. The van der Waals surface area contributed by atoms with E-state index in [1.54, 1.807) is 0 Å². The maximum Gasteiger partial charge on any atom is 0.215 e. The average Bonchev–Trinajstić information content (AvgIpc) is 2.93. The number of rotatable bonds is 7. The number of hydrogen-bond acceptors (Lipinski definition) is 5. The summed E-state index contributed by atoms with van der Waals surface area (Å²) in [5.41, 5.74) is -0.253. The highest BCUT2D eigenvalue weighted by atomic mass is 16.8. The van der Waals surface area contributed by atoms with Crippen LogP contribution in [0.15, 0.2) is 12.2 Å². The zero-order chi connectivity index (χ0) is 17.1. The molecule has 0 amide bonds. The topological polar surface area (TPSA) is 62.2 Å². The summed E-state index contributed by atoms with van der Waals surface area (Å²) in [6, 6.07) is 0. The summed E-state index contributed by atoms with van der Waals surface area (Å²) in [5.74, 6) is -0.884. The highest BCUT2D eigenvalue weighted by Crippen LogP contribution is 2.41. The Bertz CT molecular complexity index is 412. The molecule has 0 radical (unpaired) electrons. The molecule has 4 atom stereocenters. The van der Waals surface area contributed by atoms with Crippen molar-refractivity contribution in [2.45, 2.75) is 58.5 Å². The Balaban J connectivity index is 2.00. The zero-order valence-electron chi connectivity index (χ0n) is 15.0. The standard InChI is InChI=1S/C18H33NO4/c1-5-9-19(6-2)11-15-12-22-18(23-15)8-7-14(10-16(18)21)17(3,4)13-20/h7-8,14-16,20-21H,5-6,9-13H2,1-4H3. The van der Waals surface area contributed by atoms with Crippen LogP contribution in [0.3, 0.4) is 0 Å². The normalized spacial score (nSPS) is 34.7. The van der Waals surface area contributed by atoms with Crippen molar-refractivity contribution in [1.82, 2.24) is 4.90 Å². The molecule has 2 rings (SSSR count). The Morgan fingerprint density at radius 2 is 2.09 bits per heavy atom. The molecule has 5 nitrogen and oxygen atoms in total. The van der Waals surface area contributed by atoms with Crippen molar-refractivity contribution in [3.05, 3.63) is 12.2 Å². The summed E-state index contributed by atoms with van der Waals surface area (Å²) in [5, 5.41) is 20.1. The summed E-state index contributed by atoms with van der Waals surface area (Å²) in [7, 11) is 0. The predicted molar refractivity (Wildman–Crippen MR) is 90.1 cm³/mol. The van der Waals surface area contributed by atoms with Crippen molar-refractivity contribution in [1.29, 1.82) is 0 Å². The number of hydrogen-bond donors (Lipinski definition) is 2. The number of aliphatic hydroxyl groups is 2. The van der Waals surface area contributed by atoms with Crippen molar-refractivity contribution >= 4 is 0 Å². The molecule has 1 aliphatic carbocycles. The lowest BCUT2D eigenvalue weighted by molar-refractivity contribution is -0.205. The van der Waals surface area contributed by atoms with Gasteiger partial charge in [0.1, 0.15) is 6.10 Å². The second kappa shape index (κ2) is 7.62. The third-order valence-corrected chi connectivity index (χ3v) is 5.21. The molecule has 5 heteroatoms. The summed E-state index contributed by atoms with van der Waals surface area (Å²) < 4.78 is 12.0. The molecule has 2 N–H and O–H groups in total. The second-order valence-electron chi connectivity index (χ2n) is 7.53. The van der Waals surface area contributed by atoms with Crippen molar-refractivity contribution in [2.75, 3.05) is 32.8 Å². The summed E-state index contributed by atoms with van der Waals surface area (Å²) in [4.78, 5) is 2.35. The average molecular weight is 327 g/mol. The van der Waals surface area contributed by atoms with E-state index >= 15 is 0 Å². The Hall–Kier alpha value is -0.460. The lowest BCUT2D eigenvalue weighted by Gasteiger charge is -2.40. The Labute approximate surface area is 140 Å². The number of aliphatic hydroxyl groups excluding tert-OH is 2. The van der Waals surface area contributed by atoms with E-state index in [9.17, 15) is 10.2 Å². The van der Waals surface area contributed by atoms with Crippen molar-refractivity contribution in [2.24, 2.45) is 11.3 Å². The molecule has 1 fully saturated rings. The minimum absolute atomic E-state index is 0.0109. The van der Waals surface area contributed by atoms with Crippen molar-refractivity contribution in [3.8, 4) is 0 Å². The molecule has 1 spiro atoms. The largest absolute Gasteiger partial charge is 0.396 e. The first-order valence-electron chi connectivity index (χ1n) is 8.89. The van der Waals surface area contributed by atoms with Gasteiger partial charge in [0.05, 0.1) is 12.7 Å². The molecule has 2 aliphatic rings. The number of allylic oxidation sites excluding steroid dienone is 1. The molecule has 0 aromatic rings. The molecule has 0 saturated carbocycles. The van der Waals surface area contributed by atoms with Crippen LogP contribution in [-0.2, 0) is 9.47 Å². The van der Waals surface area contributed by atoms with Gasteiger partial charge in [-0.2, -0.15) is 0 Å². The summed E-state index contributed by atoms with van der Waals surface area (Å²) in [6.07, 6.45) is 4.85. The van der Waals surface area contributed by atoms with Crippen LogP contribution >= 0.6 is 0 Å². The van der Waals surface area contributed by atoms with E-state index in [2.05, 4.69) is 18.7 Å². The lowest BCUT2D eigenvalue weighted by atomic mass is 9.73. The highest BCUT2D eigenvalue weighted by Gasteiger charge is 2.49. The third-order valence-electron chi connectivity index (χ3n) is 5.21. The minimum Gasteiger partial charge on any atom is -0.396 e. The van der Waals surface area contributed by atoms with E-state index in [1.807, 2.05) is 26.0 Å². The van der Waals surface area contributed by atoms with Gasteiger partial charge in [0.25, 0.3) is 0 Å². The highest BCUT2D eigenvalue weighted by molar-refractivity contribution is 5.13. The minimum atomic E-state index is -1.00. The molecule has 0 bridgehead atoms. The smallest absolute Gasteiger partial charge is 0.215 e. The Morgan fingerprint density at radius 3 is 2.65 bits per heavy atom. The van der Waals surface area contributed by atoms with E-state index in [0.717, 1.165) is 26.1 Å². The molecule has 4 unspecified atom stereocenters. The number of likely N-dealkylation sites (N-methyl/N-ethyl adjacent to an activating group) is 1. The van der Waals surface area contributed by atoms with Crippen molar-refractivity contribution < 1.29 is 19.7 Å². The monoisotopic (exact) mass is 327 g/mol. The fourth-order valence-electron chi connectivity index (χ4n) is 3.43. The molecule has 1 aliphatic heterocycles. The van der Waals surface area contributed by atoms with E-state index in [1.165, 1.54) is 0 Å². The van der Waals surface area contributed by atoms with Gasteiger partial charge in [-0.25, -0.2) is 0 Å². The van der Waals surface area contributed by atoms with Gasteiger partial charge >= 0.3 is 0 Å². The fraction of sp³-hybridized carbons (Fsp3) is 0.889. The van der Waals surface area contributed by atoms with Crippen LogP contribution in [0.25, 0.3) is 0 Å². The van der Waals surface area contributed by atoms with E-state index < -0.39 is 11.9 Å². The first-order chi connectivity index (χ1) is 10.9. The first kappa shape index (κ1) is 18.9. The fourth-order valence-corrected chi connectivity index (χ4v) is 3.43. The SMILES string of the molecule is CCCN(CC)CC1COC2(C=CC(C(C)(C)CO)CC2O)O1. The van der Waals surface area contributed by atoms with Gasteiger partial charge in [0.15, 0.2) is 0 Å². The van der Waals surface area contributed by atoms with Crippen LogP contribution in [0.2, 0.25) is 0 Å². The first-order valence-corrected chi connectivity index (χ1v) is 8.89. The quantitative estimate of drug-likeness (QED) is 0.698. The Morgan fingerprint density at radius 1 is 1.35 bits per heavy atom. The molecule has 0 aromatic carbocycles. The summed E-state index contributed by atoms with van der Waals surface area (Å²) in [6.45, 7) is 11.8. The van der Waals surface area contributed by atoms with E-state index in [4.69, 9.17) is 9.47 Å². The molecule has 134 valence electrons. The van der Waals surface area contributed by atoms with Gasteiger partial charge < -0.3 is 24.6 Å². The van der Waals surface area contributed by atoms with Crippen LogP contribution in [0.5, 0.6) is 0 Å². The molecule has 1 saturated heterocycles. The molecule has 1 heterocycles. The number of ether oxygens (including phenoxy) is 2. The van der Waals surface area contributed by atoms with Gasteiger partial charge in [-0.05, 0) is 43.3 Å². The second-order valence-corrected chi connectivity index (χ2v) is 7.53. The van der Waals surface area contributed by atoms with Crippen LogP contribution in [0, 0.1) is 11.3 Å². The van der Waals surface area contributed by atoms with Crippen molar-refractivity contribution in [3.63, 3.8) is 0 Å². The Kier molecular flexibility index (Phi) is 6.25. The molecule has 0 aromatic heterocycles. The zero-order valence-corrected chi connectivity index (χ0v) is 15.0.